The van der Waals surface area contributed by atoms with Gasteiger partial charge in [0.15, 0.2) is 0 Å². The summed E-state index contributed by atoms with van der Waals surface area (Å²) in [5.41, 5.74) is 1.60. The van der Waals surface area contributed by atoms with E-state index in [9.17, 15) is 14.9 Å². The Kier molecular flexibility index (Phi) is 7.44. The number of anilines is 1. The molecule has 0 aliphatic heterocycles. The lowest BCUT2D eigenvalue weighted by molar-refractivity contribution is -0.112. The van der Waals surface area contributed by atoms with Crippen molar-refractivity contribution in [2.45, 2.75) is 13.8 Å². The smallest absolute Gasteiger partial charge is 0.338 e. The van der Waals surface area contributed by atoms with Gasteiger partial charge in [0.05, 0.1) is 18.8 Å². The highest BCUT2D eigenvalue weighted by Crippen LogP contribution is 2.24. The van der Waals surface area contributed by atoms with Gasteiger partial charge in [0.25, 0.3) is 5.91 Å². The number of carbonyl (C=O) groups excluding carboxylic acids is 2. The van der Waals surface area contributed by atoms with Gasteiger partial charge in [-0.05, 0) is 50.2 Å². The minimum Gasteiger partial charge on any atom is -0.494 e. The van der Waals surface area contributed by atoms with Crippen LogP contribution in [0.2, 0.25) is 0 Å². The van der Waals surface area contributed by atoms with E-state index in [-0.39, 0.29) is 5.57 Å². The maximum atomic E-state index is 12.5. The highest BCUT2D eigenvalue weighted by Gasteiger charge is 2.13. The number of ether oxygens (including phenoxy) is 2. The number of rotatable bonds is 8. The van der Waals surface area contributed by atoms with Crippen molar-refractivity contribution in [2.24, 2.45) is 0 Å². The van der Waals surface area contributed by atoms with Gasteiger partial charge in [-0.15, -0.1) is 0 Å². The summed E-state index contributed by atoms with van der Waals surface area (Å²) in [6.07, 6.45) is 1.37. The Hall–Kier alpha value is -4.31. The van der Waals surface area contributed by atoms with E-state index in [0.717, 1.165) is 5.56 Å². The van der Waals surface area contributed by atoms with E-state index in [4.69, 9.17) is 13.9 Å². The number of nitriles is 1. The first-order valence-electron chi connectivity index (χ1n) is 10.1. The van der Waals surface area contributed by atoms with Crippen LogP contribution in [0.5, 0.6) is 5.75 Å². The molecule has 0 saturated heterocycles. The number of benzene rings is 2. The summed E-state index contributed by atoms with van der Waals surface area (Å²) in [5, 5.41) is 12.1. The number of hydrogen-bond acceptors (Lipinski definition) is 6. The standard InChI is InChI=1S/C25H22N2O5/c1-3-30-21-7-5-6-20(15-21)27-24(28)19(16-26)14-22-12-13-23(32-22)17-8-10-18(11-9-17)25(29)31-4-2/h5-15H,3-4H2,1-2H3,(H,27,28)/b19-14-. The van der Waals surface area contributed by atoms with Crippen molar-refractivity contribution in [3.63, 3.8) is 0 Å². The Balaban J connectivity index is 1.73. The maximum absolute atomic E-state index is 12.5. The lowest BCUT2D eigenvalue weighted by Crippen LogP contribution is -2.13. The van der Waals surface area contributed by atoms with Crippen LogP contribution in [0.25, 0.3) is 17.4 Å². The molecule has 0 atom stereocenters. The SMILES string of the molecule is CCOC(=O)c1ccc(-c2ccc(/C=C(/C#N)C(=O)Nc3cccc(OCC)c3)o2)cc1. The van der Waals surface area contributed by atoms with E-state index in [0.29, 0.717) is 41.7 Å². The molecule has 0 aliphatic carbocycles. The van der Waals surface area contributed by atoms with E-state index in [1.54, 1.807) is 67.6 Å². The van der Waals surface area contributed by atoms with Gasteiger partial charge in [0.2, 0.25) is 0 Å². The van der Waals surface area contributed by atoms with Crippen LogP contribution in [0.4, 0.5) is 5.69 Å². The second-order valence-corrected chi connectivity index (χ2v) is 6.58. The Bertz CT molecular complexity index is 1170. The molecule has 3 rings (SSSR count). The normalized spacial score (nSPS) is 10.8. The topological polar surface area (TPSA) is 102 Å². The molecule has 0 radical (unpaired) electrons. The van der Waals surface area contributed by atoms with Crippen LogP contribution < -0.4 is 10.1 Å². The van der Waals surface area contributed by atoms with Crippen molar-refractivity contribution in [3.05, 3.63) is 77.6 Å². The van der Waals surface area contributed by atoms with Gasteiger partial charge < -0.3 is 19.2 Å². The van der Waals surface area contributed by atoms with Crippen molar-refractivity contribution in [2.75, 3.05) is 18.5 Å². The first-order chi connectivity index (χ1) is 15.5. The van der Waals surface area contributed by atoms with Crippen LogP contribution in [0.3, 0.4) is 0 Å². The van der Waals surface area contributed by atoms with Crippen molar-refractivity contribution in [1.29, 1.82) is 5.26 Å². The zero-order valence-corrected chi connectivity index (χ0v) is 17.8. The lowest BCUT2D eigenvalue weighted by atomic mass is 10.1. The Labute approximate surface area is 185 Å². The zero-order chi connectivity index (χ0) is 22.9. The Morgan fingerprint density at radius 1 is 1.06 bits per heavy atom. The summed E-state index contributed by atoms with van der Waals surface area (Å²) in [6.45, 7) is 4.43. The van der Waals surface area contributed by atoms with Gasteiger partial charge in [-0.1, -0.05) is 18.2 Å². The molecule has 0 saturated carbocycles. The minimum atomic E-state index is -0.558. The number of carbonyl (C=O) groups is 2. The third kappa shape index (κ3) is 5.64. The molecular formula is C25H22N2O5. The van der Waals surface area contributed by atoms with Crippen LogP contribution in [-0.2, 0) is 9.53 Å². The predicted molar refractivity (Wildman–Crippen MR) is 120 cm³/mol. The van der Waals surface area contributed by atoms with Crippen LogP contribution in [0.1, 0.15) is 30.0 Å². The van der Waals surface area contributed by atoms with E-state index in [1.807, 2.05) is 13.0 Å². The summed E-state index contributed by atoms with van der Waals surface area (Å²) in [7, 11) is 0. The fourth-order valence-electron chi connectivity index (χ4n) is 2.89. The molecule has 0 unspecified atom stereocenters. The van der Waals surface area contributed by atoms with Gasteiger partial charge >= 0.3 is 5.97 Å². The molecule has 0 spiro atoms. The summed E-state index contributed by atoms with van der Waals surface area (Å²) < 4.78 is 16.1. The Morgan fingerprint density at radius 2 is 1.84 bits per heavy atom. The molecule has 32 heavy (non-hydrogen) atoms. The van der Waals surface area contributed by atoms with E-state index in [2.05, 4.69) is 5.32 Å². The van der Waals surface area contributed by atoms with Crippen LogP contribution in [-0.4, -0.2) is 25.1 Å². The van der Waals surface area contributed by atoms with Crippen molar-refractivity contribution < 1.29 is 23.5 Å². The quantitative estimate of drug-likeness (QED) is 0.304. The molecule has 1 aromatic heterocycles. The van der Waals surface area contributed by atoms with Gasteiger partial charge in [0.1, 0.15) is 28.9 Å². The molecule has 2 aromatic carbocycles. The Morgan fingerprint density at radius 3 is 2.53 bits per heavy atom. The van der Waals surface area contributed by atoms with Gasteiger partial charge in [0, 0.05) is 23.4 Å². The van der Waals surface area contributed by atoms with Crippen LogP contribution in [0.15, 0.2) is 70.7 Å². The maximum Gasteiger partial charge on any atom is 0.338 e. The van der Waals surface area contributed by atoms with Gasteiger partial charge in [-0.25, -0.2) is 4.79 Å². The molecule has 1 amide bonds. The molecule has 1 heterocycles. The lowest BCUT2D eigenvalue weighted by Gasteiger charge is -2.07. The number of esters is 1. The van der Waals surface area contributed by atoms with E-state index in [1.165, 1.54) is 6.08 Å². The average molecular weight is 430 g/mol. The molecule has 3 aromatic rings. The number of nitrogens with one attached hydrogen (secondary N) is 1. The summed E-state index contributed by atoms with van der Waals surface area (Å²) in [5.74, 6) is 0.562. The molecule has 162 valence electrons. The van der Waals surface area contributed by atoms with E-state index < -0.39 is 11.9 Å². The fourth-order valence-corrected chi connectivity index (χ4v) is 2.89. The summed E-state index contributed by atoms with van der Waals surface area (Å²) in [6, 6.07) is 19.0. The van der Waals surface area contributed by atoms with E-state index >= 15 is 0 Å². The molecular weight excluding hydrogens is 408 g/mol. The second kappa shape index (κ2) is 10.6. The minimum absolute atomic E-state index is 0.106. The monoisotopic (exact) mass is 430 g/mol. The first-order valence-corrected chi connectivity index (χ1v) is 10.1. The molecule has 0 fully saturated rings. The molecule has 1 N–H and O–H groups in total. The largest absolute Gasteiger partial charge is 0.494 e. The molecule has 7 heteroatoms. The first kappa shape index (κ1) is 22.4. The fraction of sp³-hybridized carbons (Fsp3) is 0.160. The molecule has 0 bridgehead atoms. The highest BCUT2D eigenvalue weighted by molar-refractivity contribution is 6.09. The van der Waals surface area contributed by atoms with Crippen LogP contribution >= 0.6 is 0 Å². The second-order valence-electron chi connectivity index (χ2n) is 6.58. The molecule has 7 nitrogen and oxygen atoms in total. The number of amides is 1. The molecule has 0 aliphatic rings. The van der Waals surface area contributed by atoms with Crippen molar-refractivity contribution in [1.82, 2.24) is 0 Å². The van der Waals surface area contributed by atoms with Crippen molar-refractivity contribution in [3.8, 4) is 23.1 Å². The summed E-state index contributed by atoms with van der Waals surface area (Å²) >= 11 is 0. The van der Waals surface area contributed by atoms with Gasteiger partial charge in [-0.2, -0.15) is 5.26 Å². The summed E-state index contributed by atoms with van der Waals surface area (Å²) in [4.78, 5) is 24.3. The highest BCUT2D eigenvalue weighted by atomic mass is 16.5. The predicted octanol–water partition coefficient (Wildman–Crippen LogP) is 5.07. The third-order valence-electron chi connectivity index (χ3n) is 4.36. The number of nitrogens with zero attached hydrogens (tertiary/aromatic N) is 1. The van der Waals surface area contributed by atoms with Gasteiger partial charge in [-0.3, -0.25) is 4.79 Å². The number of furan rings is 1. The number of hydrogen-bond donors (Lipinski definition) is 1. The van der Waals surface area contributed by atoms with Crippen molar-refractivity contribution >= 4 is 23.6 Å². The third-order valence-corrected chi connectivity index (χ3v) is 4.36. The average Bonchev–Trinajstić information content (AvgIpc) is 3.27. The zero-order valence-electron chi connectivity index (χ0n) is 17.8. The van der Waals surface area contributed by atoms with Crippen LogP contribution in [0, 0.1) is 11.3 Å².